The summed E-state index contributed by atoms with van der Waals surface area (Å²) in [7, 11) is 0. The minimum absolute atomic E-state index is 0.0438. The van der Waals surface area contributed by atoms with Crippen LogP contribution in [0.2, 0.25) is 0 Å². The number of aromatic nitrogens is 5. The minimum Gasteiger partial charge on any atom is -0.368 e. The van der Waals surface area contributed by atoms with Gasteiger partial charge in [-0.1, -0.05) is 0 Å². The number of imidazole rings is 1. The summed E-state index contributed by atoms with van der Waals surface area (Å²) in [5.74, 6) is 0.882. The van der Waals surface area contributed by atoms with Gasteiger partial charge < -0.3 is 19.5 Å². The van der Waals surface area contributed by atoms with Crippen molar-refractivity contribution in [2.45, 2.75) is 44.5 Å². The van der Waals surface area contributed by atoms with E-state index in [-0.39, 0.29) is 24.2 Å². The van der Waals surface area contributed by atoms with E-state index in [0.717, 1.165) is 31.8 Å². The van der Waals surface area contributed by atoms with Gasteiger partial charge in [-0.25, -0.2) is 19.4 Å². The van der Waals surface area contributed by atoms with Gasteiger partial charge in [0.2, 0.25) is 0 Å². The number of amides is 2. The molecule has 2 amide bonds. The van der Waals surface area contributed by atoms with Gasteiger partial charge in [-0.05, 0) is 19.8 Å². The van der Waals surface area contributed by atoms with Crippen LogP contribution in [0.25, 0.3) is 0 Å². The first-order valence-electron chi connectivity index (χ1n) is 8.78. The molecular formula is C16H23N7O2. The van der Waals surface area contributed by atoms with Crippen LogP contribution in [0.1, 0.15) is 37.7 Å². The fraction of sp³-hybridized carbons (Fsp3) is 0.625. The van der Waals surface area contributed by atoms with Crippen LogP contribution in [-0.4, -0.2) is 61.0 Å². The molecule has 2 fully saturated rings. The normalized spacial score (nSPS) is 26.3. The Kier molecular flexibility index (Phi) is 4.39. The topological polar surface area (TPSA) is 90.1 Å². The minimum atomic E-state index is -0.187. The molecule has 134 valence electrons. The number of likely N-dealkylation sites (tertiary alicyclic amines) is 1. The first-order chi connectivity index (χ1) is 12.3. The summed E-state index contributed by atoms with van der Waals surface area (Å²) in [6, 6.07) is 0.103. The van der Waals surface area contributed by atoms with Crippen molar-refractivity contribution < 1.29 is 9.53 Å². The van der Waals surface area contributed by atoms with E-state index in [1.54, 1.807) is 12.5 Å². The Bertz CT molecular complexity index is 714. The van der Waals surface area contributed by atoms with Crippen LogP contribution >= 0.6 is 0 Å². The maximum absolute atomic E-state index is 12.7. The van der Waals surface area contributed by atoms with Crippen LogP contribution in [0.5, 0.6) is 0 Å². The number of ether oxygens (including phenoxy) is 1. The van der Waals surface area contributed by atoms with E-state index in [9.17, 15) is 4.79 Å². The fourth-order valence-electron chi connectivity index (χ4n) is 3.63. The average Bonchev–Trinajstić information content (AvgIpc) is 3.39. The van der Waals surface area contributed by atoms with E-state index in [0.29, 0.717) is 13.2 Å². The van der Waals surface area contributed by atoms with Crippen molar-refractivity contribution >= 4 is 6.03 Å². The van der Waals surface area contributed by atoms with Crippen molar-refractivity contribution in [3.8, 4) is 0 Å². The van der Waals surface area contributed by atoms with Crippen molar-refractivity contribution in [3.05, 3.63) is 30.9 Å². The SMILES string of the molecule is CCn1ccnc1[C@@H]1OCC[C@H]1NC(=O)N1CCC(n2cncn2)C1. The number of urea groups is 1. The fourth-order valence-corrected chi connectivity index (χ4v) is 3.63. The average molecular weight is 345 g/mol. The quantitative estimate of drug-likeness (QED) is 0.892. The van der Waals surface area contributed by atoms with Crippen LogP contribution in [0, 0.1) is 0 Å². The first kappa shape index (κ1) is 16.1. The molecule has 0 spiro atoms. The molecule has 0 bridgehead atoms. The zero-order valence-corrected chi connectivity index (χ0v) is 14.3. The van der Waals surface area contributed by atoms with E-state index >= 15 is 0 Å². The molecule has 9 heteroatoms. The summed E-state index contributed by atoms with van der Waals surface area (Å²) in [5.41, 5.74) is 0. The molecule has 2 aromatic heterocycles. The van der Waals surface area contributed by atoms with Gasteiger partial charge in [0.05, 0.1) is 12.1 Å². The number of nitrogens with one attached hydrogen (secondary N) is 1. The van der Waals surface area contributed by atoms with E-state index in [1.807, 2.05) is 15.8 Å². The van der Waals surface area contributed by atoms with Crippen LogP contribution in [0.3, 0.4) is 0 Å². The largest absolute Gasteiger partial charge is 0.368 e. The molecule has 0 aliphatic carbocycles. The molecule has 2 aromatic rings. The van der Waals surface area contributed by atoms with Gasteiger partial charge in [-0.3, -0.25) is 0 Å². The highest BCUT2D eigenvalue weighted by Crippen LogP contribution is 2.29. The second-order valence-corrected chi connectivity index (χ2v) is 6.47. The summed E-state index contributed by atoms with van der Waals surface area (Å²) < 4.78 is 9.74. The number of carbonyl (C=O) groups is 1. The Morgan fingerprint density at radius 2 is 2.36 bits per heavy atom. The Morgan fingerprint density at radius 3 is 3.16 bits per heavy atom. The molecule has 0 aromatic carbocycles. The number of hydrogen-bond donors (Lipinski definition) is 1. The number of nitrogens with zero attached hydrogens (tertiary/aromatic N) is 6. The smallest absolute Gasteiger partial charge is 0.317 e. The Hall–Kier alpha value is -2.42. The summed E-state index contributed by atoms with van der Waals surface area (Å²) in [4.78, 5) is 22.9. The lowest BCUT2D eigenvalue weighted by Crippen LogP contribution is -2.45. The standard InChI is InChI=1S/C16H23N7O2/c1-2-21-7-5-18-15(21)14-13(4-8-25-14)20-16(24)22-6-3-12(9-22)23-11-17-10-19-23/h5,7,10-14H,2-4,6,8-9H2,1H3,(H,20,24)/t12?,13-,14-/m1/s1. The van der Waals surface area contributed by atoms with Crippen molar-refractivity contribution in [2.24, 2.45) is 0 Å². The van der Waals surface area contributed by atoms with Crippen LogP contribution in [0.15, 0.2) is 25.0 Å². The highest BCUT2D eigenvalue weighted by atomic mass is 16.5. The first-order valence-corrected chi connectivity index (χ1v) is 8.78. The molecule has 2 saturated heterocycles. The summed E-state index contributed by atoms with van der Waals surface area (Å²) >= 11 is 0. The summed E-state index contributed by atoms with van der Waals surface area (Å²) in [6.07, 6.45) is 8.46. The third kappa shape index (κ3) is 3.11. The van der Waals surface area contributed by atoms with Crippen LogP contribution in [0.4, 0.5) is 4.79 Å². The Balaban J connectivity index is 1.39. The van der Waals surface area contributed by atoms with Gasteiger partial charge in [0.15, 0.2) is 0 Å². The van der Waals surface area contributed by atoms with E-state index in [2.05, 4.69) is 31.9 Å². The van der Waals surface area contributed by atoms with Crippen molar-refractivity contribution in [1.29, 1.82) is 0 Å². The number of aryl methyl sites for hydroxylation is 1. The van der Waals surface area contributed by atoms with Gasteiger partial charge in [-0.2, -0.15) is 5.10 Å². The number of rotatable bonds is 4. The molecule has 3 atom stereocenters. The summed E-state index contributed by atoms with van der Waals surface area (Å²) in [5, 5.41) is 7.32. The molecule has 4 heterocycles. The second kappa shape index (κ2) is 6.83. The van der Waals surface area contributed by atoms with E-state index < -0.39 is 0 Å². The lowest BCUT2D eigenvalue weighted by atomic mass is 10.1. The van der Waals surface area contributed by atoms with Gasteiger partial charge in [0.1, 0.15) is 24.6 Å². The molecule has 2 aliphatic heterocycles. The lowest BCUT2D eigenvalue weighted by Gasteiger charge is -2.24. The lowest BCUT2D eigenvalue weighted by molar-refractivity contribution is 0.0888. The molecular weight excluding hydrogens is 322 g/mol. The predicted molar refractivity (Wildman–Crippen MR) is 88.8 cm³/mol. The molecule has 4 rings (SSSR count). The van der Waals surface area contributed by atoms with E-state index in [4.69, 9.17) is 4.74 Å². The van der Waals surface area contributed by atoms with Gasteiger partial charge in [0, 0.05) is 38.6 Å². The van der Waals surface area contributed by atoms with Crippen LogP contribution in [-0.2, 0) is 11.3 Å². The highest BCUT2D eigenvalue weighted by Gasteiger charge is 2.36. The Morgan fingerprint density at radius 1 is 1.44 bits per heavy atom. The van der Waals surface area contributed by atoms with Gasteiger partial charge in [0.25, 0.3) is 0 Å². The Labute approximate surface area is 146 Å². The predicted octanol–water partition coefficient (Wildman–Crippen LogP) is 0.981. The second-order valence-electron chi connectivity index (χ2n) is 6.47. The molecule has 0 radical (unpaired) electrons. The molecule has 1 unspecified atom stereocenters. The van der Waals surface area contributed by atoms with Gasteiger partial charge >= 0.3 is 6.03 Å². The van der Waals surface area contributed by atoms with Crippen molar-refractivity contribution in [2.75, 3.05) is 19.7 Å². The van der Waals surface area contributed by atoms with Crippen LogP contribution < -0.4 is 5.32 Å². The maximum Gasteiger partial charge on any atom is 0.317 e. The number of carbonyl (C=O) groups excluding carboxylic acids is 1. The van der Waals surface area contributed by atoms with Gasteiger partial charge in [-0.15, -0.1) is 0 Å². The highest BCUT2D eigenvalue weighted by molar-refractivity contribution is 5.75. The third-order valence-corrected chi connectivity index (χ3v) is 5.00. The molecule has 25 heavy (non-hydrogen) atoms. The third-order valence-electron chi connectivity index (χ3n) is 5.00. The summed E-state index contributed by atoms with van der Waals surface area (Å²) in [6.45, 7) is 4.91. The van der Waals surface area contributed by atoms with E-state index in [1.165, 1.54) is 6.33 Å². The molecule has 0 saturated carbocycles. The number of hydrogen-bond acceptors (Lipinski definition) is 5. The molecule has 9 nitrogen and oxygen atoms in total. The van der Waals surface area contributed by atoms with Crippen molar-refractivity contribution in [1.82, 2.24) is 34.5 Å². The van der Waals surface area contributed by atoms with Crippen molar-refractivity contribution in [3.63, 3.8) is 0 Å². The zero-order valence-electron chi connectivity index (χ0n) is 14.3. The zero-order chi connectivity index (χ0) is 17.2. The molecule has 1 N–H and O–H groups in total. The maximum atomic E-state index is 12.7. The molecule has 2 aliphatic rings. The monoisotopic (exact) mass is 345 g/mol.